The van der Waals surface area contributed by atoms with E-state index in [-0.39, 0.29) is 5.82 Å². The molecule has 0 unspecified atom stereocenters. The van der Waals surface area contributed by atoms with Crippen molar-refractivity contribution in [1.82, 2.24) is 10.3 Å². The number of hydrogen-bond acceptors (Lipinski definition) is 3. The van der Waals surface area contributed by atoms with Crippen molar-refractivity contribution >= 4 is 11.6 Å². The quantitative estimate of drug-likeness (QED) is 0.902. The predicted molar refractivity (Wildman–Crippen MR) is 77.8 cm³/mol. The van der Waals surface area contributed by atoms with Crippen molar-refractivity contribution in [2.45, 2.75) is 20.4 Å². The van der Waals surface area contributed by atoms with Crippen LogP contribution in [0.1, 0.15) is 18.1 Å². The predicted octanol–water partition coefficient (Wildman–Crippen LogP) is 4.08. The van der Waals surface area contributed by atoms with Gasteiger partial charge in [0.2, 0.25) is 5.88 Å². The number of halogens is 2. The van der Waals surface area contributed by atoms with Crippen LogP contribution in [-0.2, 0) is 6.54 Å². The van der Waals surface area contributed by atoms with Crippen LogP contribution < -0.4 is 10.1 Å². The van der Waals surface area contributed by atoms with Gasteiger partial charge in [-0.2, -0.15) is 0 Å². The average molecular weight is 295 g/mol. The first-order valence-corrected chi connectivity index (χ1v) is 6.77. The van der Waals surface area contributed by atoms with E-state index in [0.717, 1.165) is 18.3 Å². The molecule has 0 atom stereocenters. The van der Waals surface area contributed by atoms with E-state index in [4.69, 9.17) is 16.3 Å². The molecule has 1 aromatic carbocycles. The summed E-state index contributed by atoms with van der Waals surface area (Å²) in [6.07, 6.45) is 1.13. The van der Waals surface area contributed by atoms with Crippen molar-refractivity contribution in [3.63, 3.8) is 0 Å². The highest BCUT2D eigenvalue weighted by Gasteiger charge is 2.10. The molecule has 0 spiro atoms. The zero-order valence-corrected chi connectivity index (χ0v) is 12.2. The molecule has 0 amide bonds. The molecule has 0 bridgehead atoms. The van der Waals surface area contributed by atoms with Gasteiger partial charge in [0.1, 0.15) is 11.6 Å². The monoisotopic (exact) mass is 294 g/mol. The highest BCUT2D eigenvalue weighted by molar-refractivity contribution is 6.32. The van der Waals surface area contributed by atoms with Crippen LogP contribution in [0.5, 0.6) is 11.6 Å². The van der Waals surface area contributed by atoms with Gasteiger partial charge in [-0.1, -0.05) is 24.6 Å². The molecule has 1 N–H and O–H groups in total. The first kappa shape index (κ1) is 14.8. The first-order valence-electron chi connectivity index (χ1n) is 6.39. The Morgan fingerprint density at radius 1 is 1.35 bits per heavy atom. The average Bonchev–Trinajstić information content (AvgIpc) is 2.43. The molecule has 3 nitrogen and oxygen atoms in total. The van der Waals surface area contributed by atoms with E-state index in [1.54, 1.807) is 6.07 Å². The standard InChI is InChI=1S/C15H16ClFN2O/c1-3-18-8-11-7-12(17)9-19-15(11)20-14-6-10(2)4-5-13(14)16/h4-7,9,18H,3,8H2,1-2H3. The lowest BCUT2D eigenvalue weighted by molar-refractivity contribution is 0.449. The minimum atomic E-state index is -0.388. The van der Waals surface area contributed by atoms with E-state index < -0.39 is 0 Å². The van der Waals surface area contributed by atoms with Crippen LogP contribution in [0.15, 0.2) is 30.5 Å². The second-order valence-corrected chi connectivity index (χ2v) is 4.84. The minimum Gasteiger partial charge on any atom is -0.437 e. The fourth-order valence-corrected chi connectivity index (χ4v) is 1.90. The molecule has 20 heavy (non-hydrogen) atoms. The van der Waals surface area contributed by atoms with Crippen molar-refractivity contribution in [1.29, 1.82) is 0 Å². The van der Waals surface area contributed by atoms with Gasteiger partial charge in [-0.05, 0) is 37.2 Å². The van der Waals surface area contributed by atoms with Crippen molar-refractivity contribution < 1.29 is 9.13 Å². The maximum absolute atomic E-state index is 13.3. The highest BCUT2D eigenvalue weighted by Crippen LogP contribution is 2.31. The first-order chi connectivity index (χ1) is 9.60. The number of nitrogens with one attached hydrogen (secondary N) is 1. The van der Waals surface area contributed by atoms with E-state index in [0.29, 0.717) is 28.8 Å². The molecule has 5 heteroatoms. The maximum atomic E-state index is 13.3. The summed E-state index contributed by atoms with van der Waals surface area (Å²) in [6, 6.07) is 6.89. The van der Waals surface area contributed by atoms with Gasteiger partial charge in [-0.3, -0.25) is 0 Å². The third-order valence-corrected chi connectivity index (χ3v) is 3.06. The number of pyridine rings is 1. The third-order valence-electron chi connectivity index (χ3n) is 2.75. The van der Waals surface area contributed by atoms with Gasteiger partial charge in [0.05, 0.1) is 11.2 Å². The second kappa shape index (κ2) is 6.68. The van der Waals surface area contributed by atoms with Gasteiger partial charge in [-0.15, -0.1) is 0 Å². The Morgan fingerprint density at radius 2 is 2.15 bits per heavy atom. The molecular weight excluding hydrogens is 279 g/mol. The molecule has 0 saturated heterocycles. The molecule has 106 valence electrons. The Morgan fingerprint density at radius 3 is 2.90 bits per heavy atom. The van der Waals surface area contributed by atoms with Crippen molar-refractivity contribution in [2.24, 2.45) is 0 Å². The molecule has 2 aromatic rings. The van der Waals surface area contributed by atoms with Crippen molar-refractivity contribution in [2.75, 3.05) is 6.54 Å². The van der Waals surface area contributed by atoms with Crippen LogP contribution in [0.25, 0.3) is 0 Å². The van der Waals surface area contributed by atoms with Gasteiger partial charge < -0.3 is 10.1 Å². The molecule has 2 rings (SSSR count). The Labute approximate surface area is 122 Å². The van der Waals surface area contributed by atoms with Gasteiger partial charge >= 0.3 is 0 Å². The van der Waals surface area contributed by atoms with E-state index in [9.17, 15) is 4.39 Å². The largest absolute Gasteiger partial charge is 0.437 e. The second-order valence-electron chi connectivity index (χ2n) is 4.43. The smallest absolute Gasteiger partial charge is 0.223 e. The third kappa shape index (κ3) is 3.68. The zero-order chi connectivity index (χ0) is 14.5. The summed E-state index contributed by atoms with van der Waals surface area (Å²) in [6.45, 7) is 5.19. The van der Waals surface area contributed by atoms with E-state index in [1.165, 1.54) is 6.07 Å². The van der Waals surface area contributed by atoms with E-state index >= 15 is 0 Å². The summed E-state index contributed by atoms with van der Waals surface area (Å²) in [5, 5.41) is 3.62. The number of aryl methyl sites for hydroxylation is 1. The summed E-state index contributed by atoms with van der Waals surface area (Å²) in [4.78, 5) is 4.00. The number of nitrogens with zero attached hydrogens (tertiary/aromatic N) is 1. The van der Waals surface area contributed by atoms with Gasteiger partial charge in [0.15, 0.2) is 0 Å². The Hall–Kier alpha value is -1.65. The fraction of sp³-hybridized carbons (Fsp3) is 0.267. The topological polar surface area (TPSA) is 34.2 Å². The molecular formula is C15H16ClFN2O. The van der Waals surface area contributed by atoms with Gasteiger partial charge in [0, 0.05) is 12.1 Å². The van der Waals surface area contributed by atoms with Crippen molar-refractivity contribution in [3.8, 4) is 11.6 Å². The molecule has 1 heterocycles. The summed E-state index contributed by atoms with van der Waals surface area (Å²) in [5.74, 6) is 0.490. The molecule has 1 aromatic heterocycles. The summed E-state index contributed by atoms with van der Waals surface area (Å²) in [7, 11) is 0. The SMILES string of the molecule is CCNCc1cc(F)cnc1Oc1cc(C)ccc1Cl. The van der Waals surface area contributed by atoms with Crippen LogP contribution in [-0.4, -0.2) is 11.5 Å². The number of rotatable bonds is 5. The zero-order valence-electron chi connectivity index (χ0n) is 11.4. The number of aromatic nitrogens is 1. The molecule has 0 saturated carbocycles. The Kier molecular flexibility index (Phi) is 4.93. The minimum absolute atomic E-state index is 0.361. The summed E-state index contributed by atoms with van der Waals surface area (Å²) < 4.78 is 19.0. The lowest BCUT2D eigenvalue weighted by Gasteiger charge is -2.12. The van der Waals surface area contributed by atoms with Crippen molar-refractivity contribution in [3.05, 3.63) is 52.4 Å². The maximum Gasteiger partial charge on any atom is 0.223 e. The summed E-state index contributed by atoms with van der Waals surface area (Å²) in [5.41, 5.74) is 1.68. The number of ether oxygens (including phenoxy) is 1. The molecule has 0 fully saturated rings. The fourth-order valence-electron chi connectivity index (χ4n) is 1.74. The number of hydrogen-bond donors (Lipinski definition) is 1. The van der Waals surface area contributed by atoms with Crippen LogP contribution in [0.3, 0.4) is 0 Å². The molecule has 0 aliphatic carbocycles. The molecule has 0 aliphatic rings. The molecule has 0 radical (unpaired) electrons. The van der Waals surface area contributed by atoms with E-state index in [2.05, 4.69) is 10.3 Å². The van der Waals surface area contributed by atoms with Gasteiger partial charge in [0.25, 0.3) is 0 Å². The number of benzene rings is 1. The highest BCUT2D eigenvalue weighted by atomic mass is 35.5. The lowest BCUT2D eigenvalue weighted by Crippen LogP contribution is -2.13. The van der Waals surface area contributed by atoms with Crippen LogP contribution in [0.2, 0.25) is 5.02 Å². The van der Waals surface area contributed by atoms with E-state index in [1.807, 2.05) is 26.0 Å². The van der Waals surface area contributed by atoms with Gasteiger partial charge in [-0.25, -0.2) is 9.37 Å². The lowest BCUT2D eigenvalue weighted by atomic mass is 10.2. The molecule has 0 aliphatic heterocycles. The van der Waals surface area contributed by atoms with Crippen LogP contribution in [0, 0.1) is 12.7 Å². The van der Waals surface area contributed by atoms with Crippen LogP contribution >= 0.6 is 11.6 Å². The Bertz CT molecular complexity index is 604. The Balaban J connectivity index is 2.30. The van der Waals surface area contributed by atoms with Crippen LogP contribution in [0.4, 0.5) is 4.39 Å². The summed E-state index contributed by atoms with van der Waals surface area (Å²) >= 11 is 6.09. The normalized spacial score (nSPS) is 10.6.